The molecular formula is C26H22O6. The number of aryl methyl sites for hydroxylation is 2. The van der Waals surface area contributed by atoms with Crippen molar-refractivity contribution < 1.29 is 29.4 Å². The molecule has 0 bridgehead atoms. The first-order valence-corrected chi connectivity index (χ1v) is 9.98. The van der Waals surface area contributed by atoms with Crippen LogP contribution in [0, 0.1) is 13.8 Å². The fourth-order valence-electron chi connectivity index (χ4n) is 3.19. The molecule has 0 aromatic heterocycles. The summed E-state index contributed by atoms with van der Waals surface area (Å²) in [5.74, 6) is -3.38. The fraction of sp³-hybridized carbons (Fsp3) is 0.154. The topological polar surface area (TPSA) is 109 Å². The van der Waals surface area contributed by atoms with Crippen molar-refractivity contribution in [2.75, 3.05) is 0 Å². The molecule has 2 N–H and O–H groups in total. The van der Waals surface area contributed by atoms with Crippen molar-refractivity contribution in [2.24, 2.45) is 0 Å². The van der Waals surface area contributed by atoms with Crippen LogP contribution in [0.5, 0.6) is 11.5 Å². The van der Waals surface area contributed by atoms with Crippen LogP contribution in [0.3, 0.4) is 0 Å². The molecule has 0 aliphatic heterocycles. The van der Waals surface area contributed by atoms with E-state index in [1.54, 1.807) is 48.5 Å². The Morgan fingerprint density at radius 1 is 0.562 bits per heavy atom. The number of carbonyl (C=O) groups excluding carboxylic acids is 4. The molecule has 0 radical (unpaired) electrons. The molecule has 3 aromatic carbocycles. The Bertz CT molecular complexity index is 1110. The number of carbonyl (C=O) groups is 4. The van der Waals surface area contributed by atoms with Gasteiger partial charge in [0.15, 0.2) is 23.1 Å². The van der Waals surface area contributed by atoms with Crippen molar-refractivity contribution in [3.63, 3.8) is 0 Å². The van der Waals surface area contributed by atoms with E-state index >= 15 is 0 Å². The third-order valence-corrected chi connectivity index (χ3v) is 5.10. The number of hydrogen-bond donors (Lipinski definition) is 2. The van der Waals surface area contributed by atoms with Gasteiger partial charge in [-0.1, -0.05) is 59.7 Å². The van der Waals surface area contributed by atoms with Gasteiger partial charge in [-0.3, -0.25) is 19.2 Å². The highest BCUT2D eigenvalue weighted by Gasteiger charge is 2.23. The summed E-state index contributed by atoms with van der Waals surface area (Å²) in [5, 5.41) is 20.2. The van der Waals surface area contributed by atoms with E-state index in [0.29, 0.717) is 11.1 Å². The van der Waals surface area contributed by atoms with Gasteiger partial charge in [-0.05, 0) is 19.9 Å². The van der Waals surface area contributed by atoms with Gasteiger partial charge in [-0.2, -0.15) is 0 Å². The second kappa shape index (κ2) is 9.39. The van der Waals surface area contributed by atoms with Crippen molar-refractivity contribution in [3.05, 3.63) is 94.0 Å². The molecule has 0 heterocycles. The summed E-state index contributed by atoms with van der Waals surface area (Å²) in [4.78, 5) is 50.1. The van der Waals surface area contributed by atoms with Gasteiger partial charge in [0.1, 0.15) is 11.5 Å². The summed E-state index contributed by atoms with van der Waals surface area (Å²) in [6, 6.07) is 15.3. The highest BCUT2D eigenvalue weighted by Crippen LogP contribution is 2.30. The molecule has 0 atom stereocenters. The van der Waals surface area contributed by atoms with E-state index < -0.39 is 47.5 Å². The maximum atomic E-state index is 12.6. The molecule has 0 saturated heterocycles. The zero-order valence-electron chi connectivity index (χ0n) is 17.7. The Balaban J connectivity index is 1.80. The molecule has 0 amide bonds. The molecule has 0 saturated carbocycles. The van der Waals surface area contributed by atoms with Crippen molar-refractivity contribution in [1.82, 2.24) is 0 Å². The Labute approximate surface area is 185 Å². The Hall–Kier alpha value is -4.06. The minimum Gasteiger partial charge on any atom is -0.507 e. The fourth-order valence-corrected chi connectivity index (χ4v) is 3.19. The van der Waals surface area contributed by atoms with Crippen LogP contribution in [0.1, 0.15) is 65.4 Å². The van der Waals surface area contributed by atoms with Crippen LogP contribution >= 0.6 is 0 Å². The van der Waals surface area contributed by atoms with Crippen LogP contribution in [0.15, 0.2) is 60.7 Å². The number of ketones is 4. The third-order valence-electron chi connectivity index (χ3n) is 5.10. The average Bonchev–Trinajstić information content (AvgIpc) is 2.74. The van der Waals surface area contributed by atoms with Gasteiger partial charge in [0, 0.05) is 17.2 Å². The standard InChI is InChI=1S/C26H22O6/c1-15-3-7-17(8-4-15)21(27)12-23(29)19-11-20(26(32)14-25(19)31)24(30)13-22(28)18-9-5-16(2)6-10-18/h3-11,14,31-32H,12-13H2,1-2H3. The summed E-state index contributed by atoms with van der Waals surface area (Å²) in [7, 11) is 0. The van der Waals surface area contributed by atoms with E-state index in [0.717, 1.165) is 23.3 Å². The smallest absolute Gasteiger partial charge is 0.174 e. The lowest BCUT2D eigenvalue weighted by Crippen LogP contribution is -2.12. The second-order valence-corrected chi connectivity index (χ2v) is 7.66. The van der Waals surface area contributed by atoms with Gasteiger partial charge in [0.25, 0.3) is 0 Å². The number of phenolic OH excluding ortho intramolecular Hbond substituents is 2. The number of rotatable bonds is 8. The molecule has 0 spiro atoms. The molecule has 3 rings (SSSR count). The number of aromatic hydroxyl groups is 2. The van der Waals surface area contributed by atoms with E-state index in [2.05, 4.69) is 0 Å². The lowest BCUT2D eigenvalue weighted by molar-refractivity contribution is 0.0881. The molecule has 0 aliphatic carbocycles. The van der Waals surface area contributed by atoms with Gasteiger partial charge in [0.2, 0.25) is 0 Å². The molecule has 32 heavy (non-hydrogen) atoms. The molecule has 6 heteroatoms. The van der Waals surface area contributed by atoms with Crippen LogP contribution in [0.25, 0.3) is 0 Å². The van der Waals surface area contributed by atoms with Gasteiger partial charge < -0.3 is 10.2 Å². The number of benzene rings is 3. The summed E-state index contributed by atoms with van der Waals surface area (Å²) in [5.41, 5.74) is 2.09. The minimum atomic E-state index is -0.702. The highest BCUT2D eigenvalue weighted by atomic mass is 16.3. The summed E-state index contributed by atoms with van der Waals surface area (Å²) >= 11 is 0. The molecule has 162 valence electrons. The van der Waals surface area contributed by atoms with Gasteiger partial charge >= 0.3 is 0 Å². The molecular weight excluding hydrogens is 408 g/mol. The van der Waals surface area contributed by atoms with Crippen LogP contribution in [0.4, 0.5) is 0 Å². The molecule has 0 fully saturated rings. The largest absolute Gasteiger partial charge is 0.507 e. The van der Waals surface area contributed by atoms with Gasteiger partial charge in [-0.25, -0.2) is 0 Å². The first-order chi connectivity index (χ1) is 15.2. The van der Waals surface area contributed by atoms with E-state index in [4.69, 9.17) is 0 Å². The van der Waals surface area contributed by atoms with Crippen molar-refractivity contribution in [1.29, 1.82) is 0 Å². The normalized spacial score (nSPS) is 10.6. The summed E-state index contributed by atoms with van der Waals surface area (Å²) < 4.78 is 0. The molecule has 0 unspecified atom stereocenters. The Morgan fingerprint density at radius 3 is 1.25 bits per heavy atom. The Kier molecular flexibility index (Phi) is 6.64. The van der Waals surface area contributed by atoms with Crippen molar-refractivity contribution in [3.8, 4) is 11.5 Å². The maximum absolute atomic E-state index is 12.6. The van der Waals surface area contributed by atoms with Gasteiger partial charge in [0.05, 0.1) is 24.0 Å². The van der Waals surface area contributed by atoms with Crippen LogP contribution in [-0.2, 0) is 0 Å². The van der Waals surface area contributed by atoms with E-state index in [-0.39, 0.29) is 11.1 Å². The highest BCUT2D eigenvalue weighted by molar-refractivity contribution is 6.17. The quantitative estimate of drug-likeness (QED) is 0.399. The van der Waals surface area contributed by atoms with Crippen LogP contribution in [0.2, 0.25) is 0 Å². The van der Waals surface area contributed by atoms with E-state index in [1.807, 2.05) is 13.8 Å². The SMILES string of the molecule is Cc1ccc(C(=O)CC(=O)c2cc(C(=O)CC(=O)c3ccc(C)cc3)c(O)cc2O)cc1. The third kappa shape index (κ3) is 5.16. The molecule has 3 aromatic rings. The van der Waals surface area contributed by atoms with Crippen molar-refractivity contribution in [2.45, 2.75) is 26.7 Å². The summed E-state index contributed by atoms with van der Waals surface area (Å²) in [6.45, 7) is 3.74. The number of hydrogen-bond acceptors (Lipinski definition) is 6. The zero-order chi connectivity index (χ0) is 23.4. The first kappa shape index (κ1) is 22.6. The first-order valence-electron chi connectivity index (χ1n) is 9.98. The zero-order valence-corrected chi connectivity index (χ0v) is 17.7. The number of Topliss-reactive ketones (excluding diaryl/α,β-unsaturated/α-hetero) is 4. The molecule has 6 nitrogen and oxygen atoms in total. The van der Waals surface area contributed by atoms with Crippen molar-refractivity contribution >= 4 is 23.1 Å². The minimum absolute atomic E-state index is 0.269. The lowest BCUT2D eigenvalue weighted by atomic mass is 9.95. The van der Waals surface area contributed by atoms with Crippen LogP contribution in [-0.4, -0.2) is 33.3 Å². The summed E-state index contributed by atoms with van der Waals surface area (Å²) in [6.07, 6.45) is -1.03. The lowest BCUT2D eigenvalue weighted by Gasteiger charge is -2.09. The Morgan fingerprint density at radius 2 is 0.906 bits per heavy atom. The molecule has 0 aliphatic rings. The van der Waals surface area contributed by atoms with E-state index in [9.17, 15) is 29.4 Å². The predicted octanol–water partition coefficient (Wildman–Crippen LogP) is 4.63. The monoisotopic (exact) mass is 430 g/mol. The number of phenols is 2. The van der Waals surface area contributed by atoms with E-state index in [1.165, 1.54) is 0 Å². The second-order valence-electron chi connectivity index (χ2n) is 7.66. The van der Waals surface area contributed by atoms with Gasteiger partial charge in [-0.15, -0.1) is 0 Å². The predicted molar refractivity (Wildman–Crippen MR) is 119 cm³/mol. The average molecular weight is 430 g/mol. The maximum Gasteiger partial charge on any atom is 0.174 e. The van der Waals surface area contributed by atoms with Crippen LogP contribution < -0.4 is 0 Å².